The van der Waals surface area contributed by atoms with Crippen LogP contribution in [-0.2, 0) is 14.3 Å². The lowest BCUT2D eigenvalue weighted by atomic mass is 9.70. The fourth-order valence-electron chi connectivity index (χ4n) is 5.04. The summed E-state index contributed by atoms with van der Waals surface area (Å²) in [5, 5.41) is 0. The minimum Gasteiger partial charge on any atom is -0.493 e. The van der Waals surface area contributed by atoms with E-state index in [1.165, 1.54) is 0 Å². The summed E-state index contributed by atoms with van der Waals surface area (Å²) >= 11 is 0. The molecule has 7 nitrogen and oxygen atoms in total. The SMILES string of the molecule is CCCCOC(=O)C1C(C)=NC2=C(C(=O)CC(c3ccc(OC)c(OC)c3)C2)C1c1ccc(C)o1. The molecular weight excluding hydrogens is 446 g/mol. The Bertz CT molecular complexity index is 1170. The molecule has 1 aliphatic heterocycles. The number of carbonyl (C=O) groups is 2. The van der Waals surface area contributed by atoms with Gasteiger partial charge in [-0.2, -0.15) is 0 Å². The maximum atomic E-state index is 13.6. The third kappa shape index (κ3) is 4.90. The summed E-state index contributed by atoms with van der Waals surface area (Å²) < 4.78 is 22.4. The second-order valence-corrected chi connectivity index (χ2v) is 9.18. The number of carbonyl (C=O) groups excluding carboxylic acids is 2. The monoisotopic (exact) mass is 479 g/mol. The van der Waals surface area contributed by atoms with Gasteiger partial charge in [-0.15, -0.1) is 0 Å². The Hall–Kier alpha value is -3.35. The van der Waals surface area contributed by atoms with Crippen LogP contribution in [0.1, 0.15) is 68.5 Å². The Morgan fingerprint density at radius 3 is 2.51 bits per heavy atom. The van der Waals surface area contributed by atoms with Crippen molar-refractivity contribution in [2.75, 3.05) is 20.8 Å². The normalized spacial score (nSPS) is 21.9. The number of ether oxygens (including phenoxy) is 3. The molecule has 2 aliphatic rings. The molecule has 0 saturated carbocycles. The molecule has 0 radical (unpaired) electrons. The van der Waals surface area contributed by atoms with E-state index >= 15 is 0 Å². The van der Waals surface area contributed by atoms with Crippen LogP contribution in [0, 0.1) is 12.8 Å². The number of benzene rings is 1. The molecule has 1 aromatic carbocycles. The summed E-state index contributed by atoms with van der Waals surface area (Å²) in [7, 11) is 3.19. The zero-order valence-electron chi connectivity index (χ0n) is 21.1. The first-order valence-electron chi connectivity index (χ1n) is 12.1. The van der Waals surface area contributed by atoms with E-state index in [9.17, 15) is 9.59 Å². The molecule has 0 spiro atoms. The highest BCUT2D eigenvalue weighted by atomic mass is 16.5. The maximum Gasteiger partial charge on any atom is 0.315 e. The van der Waals surface area contributed by atoms with Gasteiger partial charge in [0.1, 0.15) is 17.4 Å². The topological polar surface area (TPSA) is 87.3 Å². The molecule has 0 saturated heterocycles. The number of Topliss-reactive ketones (excluding diaryl/α,β-unsaturated/α-hetero) is 1. The number of hydrogen-bond donors (Lipinski definition) is 0. The predicted molar refractivity (Wildman–Crippen MR) is 132 cm³/mol. The van der Waals surface area contributed by atoms with E-state index in [-0.39, 0.29) is 17.7 Å². The Morgan fingerprint density at radius 2 is 1.86 bits per heavy atom. The largest absolute Gasteiger partial charge is 0.493 e. The van der Waals surface area contributed by atoms with Gasteiger partial charge in [-0.1, -0.05) is 19.4 Å². The molecule has 7 heteroatoms. The number of ketones is 1. The van der Waals surface area contributed by atoms with E-state index in [0.29, 0.717) is 48.0 Å². The molecule has 0 amide bonds. The third-order valence-corrected chi connectivity index (χ3v) is 6.83. The van der Waals surface area contributed by atoms with Gasteiger partial charge in [-0.05, 0) is 62.4 Å². The number of unbranched alkanes of at least 4 members (excludes halogenated alkanes) is 1. The molecule has 3 unspecified atom stereocenters. The lowest BCUT2D eigenvalue weighted by Crippen LogP contribution is -2.38. The molecule has 0 bridgehead atoms. The fourth-order valence-corrected chi connectivity index (χ4v) is 5.04. The van der Waals surface area contributed by atoms with Gasteiger partial charge in [0.2, 0.25) is 0 Å². The number of aryl methyl sites for hydroxylation is 1. The highest BCUT2D eigenvalue weighted by Gasteiger charge is 2.46. The highest BCUT2D eigenvalue weighted by molar-refractivity contribution is 6.09. The smallest absolute Gasteiger partial charge is 0.315 e. The quantitative estimate of drug-likeness (QED) is 0.366. The summed E-state index contributed by atoms with van der Waals surface area (Å²) in [5.74, 6) is 0.938. The number of hydrogen-bond acceptors (Lipinski definition) is 7. The molecule has 0 fully saturated rings. The molecule has 35 heavy (non-hydrogen) atoms. The highest BCUT2D eigenvalue weighted by Crippen LogP contribution is 2.47. The standard InChI is InChI=1S/C28H33NO6/c1-6-7-12-34-28(31)25-17(3)29-20-13-19(18-9-11-22(32-4)24(15-18)33-5)14-21(30)26(20)27(25)23-10-8-16(2)35-23/h8-11,15,19,25,27H,6-7,12-14H2,1-5H3. The first-order chi connectivity index (χ1) is 16.9. The van der Waals surface area contributed by atoms with Gasteiger partial charge in [-0.3, -0.25) is 14.6 Å². The second-order valence-electron chi connectivity index (χ2n) is 9.18. The van der Waals surface area contributed by atoms with Crippen molar-refractivity contribution in [3.05, 3.63) is 58.7 Å². The molecular formula is C28H33NO6. The molecule has 1 aromatic heterocycles. The Kier molecular flexibility index (Phi) is 7.43. The molecule has 3 atom stereocenters. The minimum atomic E-state index is -0.683. The van der Waals surface area contributed by atoms with Crippen molar-refractivity contribution >= 4 is 17.5 Å². The molecule has 1 aliphatic carbocycles. The summed E-state index contributed by atoms with van der Waals surface area (Å²) in [5.41, 5.74) is 2.92. The van der Waals surface area contributed by atoms with Crippen LogP contribution in [0.2, 0.25) is 0 Å². The third-order valence-electron chi connectivity index (χ3n) is 6.83. The first-order valence-corrected chi connectivity index (χ1v) is 12.1. The van der Waals surface area contributed by atoms with Crippen LogP contribution in [0.25, 0.3) is 0 Å². The van der Waals surface area contributed by atoms with Crippen molar-refractivity contribution in [2.24, 2.45) is 10.9 Å². The predicted octanol–water partition coefficient (Wildman–Crippen LogP) is 5.52. The van der Waals surface area contributed by atoms with Gasteiger partial charge in [0, 0.05) is 23.4 Å². The van der Waals surface area contributed by atoms with Crippen LogP contribution in [0.4, 0.5) is 0 Å². The molecule has 0 N–H and O–H groups in total. The van der Waals surface area contributed by atoms with Crippen LogP contribution < -0.4 is 9.47 Å². The Balaban J connectivity index is 1.71. The zero-order valence-corrected chi connectivity index (χ0v) is 21.1. The van der Waals surface area contributed by atoms with Crippen molar-refractivity contribution in [3.8, 4) is 11.5 Å². The average molecular weight is 480 g/mol. The number of aliphatic imine (C=N–C) groups is 1. The summed E-state index contributed by atoms with van der Waals surface area (Å²) in [6, 6.07) is 9.45. The summed E-state index contributed by atoms with van der Waals surface area (Å²) in [4.78, 5) is 31.6. The fraction of sp³-hybridized carbons (Fsp3) is 0.464. The minimum absolute atomic E-state index is 0.0207. The van der Waals surface area contributed by atoms with Gasteiger partial charge in [0.15, 0.2) is 17.3 Å². The van der Waals surface area contributed by atoms with Crippen molar-refractivity contribution in [1.82, 2.24) is 0 Å². The number of allylic oxidation sites excluding steroid dienone is 2. The number of rotatable bonds is 8. The van der Waals surface area contributed by atoms with Crippen LogP contribution in [0.5, 0.6) is 11.5 Å². The Morgan fingerprint density at radius 1 is 1.09 bits per heavy atom. The van der Waals surface area contributed by atoms with Gasteiger partial charge in [-0.25, -0.2) is 0 Å². The van der Waals surface area contributed by atoms with E-state index < -0.39 is 11.8 Å². The number of methoxy groups -OCH3 is 2. The van der Waals surface area contributed by atoms with Crippen LogP contribution in [-0.4, -0.2) is 38.3 Å². The van der Waals surface area contributed by atoms with E-state index in [1.54, 1.807) is 14.2 Å². The van der Waals surface area contributed by atoms with Crippen LogP contribution >= 0.6 is 0 Å². The van der Waals surface area contributed by atoms with Crippen molar-refractivity contribution in [1.29, 1.82) is 0 Å². The lowest BCUT2D eigenvalue weighted by molar-refractivity contribution is -0.146. The second kappa shape index (κ2) is 10.5. The molecule has 186 valence electrons. The lowest BCUT2D eigenvalue weighted by Gasteiger charge is -2.35. The first kappa shape index (κ1) is 24.8. The van der Waals surface area contributed by atoms with Gasteiger partial charge >= 0.3 is 5.97 Å². The van der Waals surface area contributed by atoms with E-state index in [4.69, 9.17) is 23.6 Å². The Labute approximate surface area is 206 Å². The summed E-state index contributed by atoms with van der Waals surface area (Å²) in [6.45, 7) is 6.09. The van der Waals surface area contributed by atoms with E-state index in [2.05, 4.69) is 0 Å². The van der Waals surface area contributed by atoms with Crippen molar-refractivity contribution in [3.63, 3.8) is 0 Å². The average Bonchev–Trinajstić information content (AvgIpc) is 3.28. The zero-order chi connectivity index (χ0) is 25.1. The molecule has 2 heterocycles. The number of furan rings is 1. The van der Waals surface area contributed by atoms with Crippen LogP contribution in [0.3, 0.4) is 0 Å². The number of esters is 1. The molecule has 2 aromatic rings. The van der Waals surface area contributed by atoms with Gasteiger partial charge < -0.3 is 18.6 Å². The van der Waals surface area contributed by atoms with Gasteiger partial charge in [0.05, 0.1) is 26.7 Å². The van der Waals surface area contributed by atoms with E-state index in [1.807, 2.05) is 51.1 Å². The van der Waals surface area contributed by atoms with Gasteiger partial charge in [0.25, 0.3) is 0 Å². The molecule has 4 rings (SSSR count). The van der Waals surface area contributed by atoms with E-state index in [0.717, 1.165) is 29.9 Å². The summed E-state index contributed by atoms with van der Waals surface area (Å²) in [6.07, 6.45) is 2.62. The van der Waals surface area contributed by atoms with Crippen molar-refractivity contribution < 1.29 is 28.2 Å². The number of nitrogens with zero attached hydrogens (tertiary/aromatic N) is 1. The van der Waals surface area contributed by atoms with Crippen molar-refractivity contribution in [2.45, 2.75) is 58.3 Å². The van der Waals surface area contributed by atoms with Crippen LogP contribution in [0.15, 0.2) is 51.0 Å². The maximum absolute atomic E-state index is 13.6.